The Labute approximate surface area is 138 Å². The quantitative estimate of drug-likeness (QED) is 0.420. The fraction of sp³-hybridized carbons (Fsp3) is 0.667. The highest BCUT2D eigenvalue weighted by atomic mass is 79.9. The number of unbranched alkanes of at least 4 members (excludes halogenated alkanes) is 1. The Morgan fingerprint density at radius 2 is 1.76 bits per heavy atom. The highest BCUT2D eigenvalue weighted by Gasteiger charge is 2.26. The number of hydrogen-bond donors (Lipinski definition) is 0. The maximum atomic E-state index is 6.07. The molecule has 0 aliphatic rings. The first-order chi connectivity index (χ1) is 10.0. The molecular weight excluding hydrogens is 328 g/mol. The summed E-state index contributed by atoms with van der Waals surface area (Å²) in [6.07, 6.45) is 2.29. The van der Waals surface area contributed by atoms with Crippen LogP contribution in [0.15, 0.2) is 24.3 Å². The number of hydrogen-bond acceptors (Lipinski definition) is 2. The van der Waals surface area contributed by atoms with Gasteiger partial charge in [0.05, 0.1) is 13.2 Å². The summed E-state index contributed by atoms with van der Waals surface area (Å²) in [5.74, 6) is 0.558. The topological polar surface area (TPSA) is 18.5 Å². The Morgan fingerprint density at radius 3 is 2.29 bits per heavy atom. The van der Waals surface area contributed by atoms with Gasteiger partial charge in [-0.15, -0.1) is 0 Å². The number of alkyl halides is 1. The van der Waals surface area contributed by atoms with Crippen molar-refractivity contribution in [3.63, 3.8) is 0 Å². The van der Waals surface area contributed by atoms with Crippen LogP contribution in [-0.4, -0.2) is 25.2 Å². The van der Waals surface area contributed by atoms with Crippen LogP contribution in [0.2, 0.25) is 0 Å². The molecule has 0 radical (unpaired) electrons. The van der Waals surface area contributed by atoms with Gasteiger partial charge in [0.25, 0.3) is 0 Å². The minimum atomic E-state index is -0.302. The number of ether oxygens (including phenoxy) is 2. The first-order valence-electron chi connectivity index (χ1n) is 7.91. The summed E-state index contributed by atoms with van der Waals surface area (Å²) in [5.41, 5.74) is 2.26. The van der Waals surface area contributed by atoms with Crippen LogP contribution in [0.4, 0.5) is 0 Å². The summed E-state index contributed by atoms with van der Waals surface area (Å²) in [6, 6.07) is 8.74. The lowest BCUT2D eigenvalue weighted by molar-refractivity contribution is -0.0460. The van der Waals surface area contributed by atoms with Gasteiger partial charge in [0.1, 0.15) is 5.60 Å². The molecule has 0 amide bonds. The lowest BCUT2D eigenvalue weighted by Crippen LogP contribution is -2.29. The first kappa shape index (κ1) is 18.7. The van der Waals surface area contributed by atoms with E-state index in [1.165, 1.54) is 17.5 Å². The van der Waals surface area contributed by atoms with Crippen LogP contribution in [0.3, 0.4) is 0 Å². The summed E-state index contributed by atoms with van der Waals surface area (Å²) < 4.78 is 11.6. The summed E-state index contributed by atoms with van der Waals surface area (Å²) in [7, 11) is 0. The standard InChI is InChI=1S/C18H29BrO2/c1-5-6-11-20-12-13-21-18(4,14-19)17-9-7-16(8-10-17)15(2)3/h7-10,15H,5-6,11-14H2,1-4H3. The molecule has 21 heavy (non-hydrogen) atoms. The lowest BCUT2D eigenvalue weighted by Gasteiger charge is -2.29. The molecule has 0 N–H and O–H groups in total. The second-order valence-electron chi connectivity index (χ2n) is 5.96. The third kappa shape index (κ3) is 6.09. The summed E-state index contributed by atoms with van der Waals surface area (Å²) in [5, 5.41) is 0.774. The monoisotopic (exact) mass is 356 g/mol. The Morgan fingerprint density at radius 1 is 1.10 bits per heavy atom. The molecule has 3 heteroatoms. The van der Waals surface area contributed by atoms with Gasteiger partial charge in [-0.25, -0.2) is 0 Å². The Hall–Kier alpha value is -0.380. The van der Waals surface area contributed by atoms with Crippen molar-refractivity contribution in [2.45, 2.75) is 52.1 Å². The molecule has 1 rings (SSSR count). The molecule has 0 saturated carbocycles. The van der Waals surface area contributed by atoms with Crippen LogP contribution in [0.5, 0.6) is 0 Å². The molecule has 120 valence electrons. The van der Waals surface area contributed by atoms with Crippen molar-refractivity contribution in [2.75, 3.05) is 25.2 Å². The second-order valence-corrected chi connectivity index (χ2v) is 6.52. The van der Waals surface area contributed by atoms with E-state index in [9.17, 15) is 0 Å². The second kappa shape index (κ2) is 9.60. The smallest absolute Gasteiger partial charge is 0.100 e. The van der Waals surface area contributed by atoms with E-state index in [1.54, 1.807) is 0 Å². The number of benzene rings is 1. The minimum absolute atomic E-state index is 0.302. The summed E-state index contributed by atoms with van der Waals surface area (Å²) >= 11 is 3.58. The summed E-state index contributed by atoms with van der Waals surface area (Å²) in [4.78, 5) is 0. The fourth-order valence-electron chi connectivity index (χ4n) is 2.09. The van der Waals surface area contributed by atoms with Crippen LogP contribution >= 0.6 is 15.9 Å². The van der Waals surface area contributed by atoms with Crippen molar-refractivity contribution in [1.82, 2.24) is 0 Å². The molecule has 0 saturated heterocycles. The SMILES string of the molecule is CCCCOCCOC(C)(CBr)c1ccc(C(C)C)cc1. The third-order valence-corrected chi connectivity index (χ3v) is 4.80. The largest absolute Gasteiger partial charge is 0.379 e. The van der Waals surface area contributed by atoms with Gasteiger partial charge in [-0.05, 0) is 30.4 Å². The normalized spacial score (nSPS) is 14.4. The van der Waals surface area contributed by atoms with Gasteiger partial charge in [0, 0.05) is 11.9 Å². The predicted molar refractivity (Wildman–Crippen MR) is 93.4 cm³/mol. The zero-order valence-corrected chi connectivity index (χ0v) is 15.4. The molecule has 1 aromatic rings. The Bertz CT molecular complexity index is 389. The molecule has 0 fully saturated rings. The van der Waals surface area contributed by atoms with Crippen molar-refractivity contribution < 1.29 is 9.47 Å². The lowest BCUT2D eigenvalue weighted by atomic mass is 9.94. The highest BCUT2D eigenvalue weighted by molar-refractivity contribution is 9.09. The van der Waals surface area contributed by atoms with Crippen molar-refractivity contribution >= 4 is 15.9 Å². The minimum Gasteiger partial charge on any atom is -0.379 e. The van der Waals surface area contributed by atoms with Crippen LogP contribution in [0.25, 0.3) is 0 Å². The van der Waals surface area contributed by atoms with Crippen molar-refractivity contribution in [3.8, 4) is 0 Å². The van der Waals surface area contributed by atoms with Gasteiger partial charge < -0.3 is 9.47 Å². The van der Waals surface area contributed by atoms with Gasteiger partial charge in [-0.3, -0.25) is 0 Å². The summed E-state index contributed by atoms with van der Waals surface area (Å²) in [6.45, 7) is 10.8. The van der Waals surface area contributed by atoms with E-state index in [-0.39, 0.29) is 5.60 Å². The number of halogens is 1. The van der Waals surface area contributed by atoms with Gasteiger partial charge in [0.2, 0.25) is 0 Å². The van der Waals surface area contributed by atoms with Crippen molar-refractivity contribution in [1.29, 1.82) is 0 Å². The zero-order chi connectivity index (χ0) is 15.7. The van der Waals surface area contributed by atoms with Gasteiger partial charge in [0.15, 0.2) is 0 Å². The maximum Gasteiger partial charge on any atom is 0.100 e. The van der Waals surface area contributed by atoms with E-state index in [2.05, 4.69) is 67.9 Å². The van der Waals surface area contributed by atoms with E-state index < -0.39 is 0 Å². The molecule has 0 aliphatic heterocycles. The first-order valence-corrected chi connectivity index (χ1v) is 9.03. The molecule has 0 spiro atoms. The van der Waals surface area contributed by atoms with E-state index in [0.29, 0.717) is 19.1 Å². The fourth-order valence-corrected chi connectivity index (χ4v) is 2.58. The molecule has 1 aromatic carbocycles. The average Bonchev–Trinajstić information content (AvgIpc) is 2.50. The zero-order valence-electron chi connectivity index (χ0n) is 13.8. The molecule has 1 atom stereocenters. The Kier molecular flexibility index (Phi) is 8.53. The molecule has 0 aliphatic carbocycles. The van der Waals surface area contributed by atoms with E-state index >= 15 is 0 Å². The molecular formula is C18H29BrO2. The number of rotatable bonds is 10. The molecule has 0 heterocycles. The highest BCUT2D eigenvalue weighted by Crippen LogP contribution is 2.29. The van der Waals surface area contributed by atoms with Gasteiger partial charge >= 0.3 is 0 Å². The van der Waals surface area contributed by atoms with Crippen LogP contribution in [-0.2, 0) is 15.1 Å². The van der Waals surface area contributed by atoms with E-state index in [4.69, 9.17) is 9.47 Å². The van der Waals surface area contributed by atoms with Crippen LogP contribution < -0.4 is 0 Å². The Balaban J connectivity index is 2.54. The molecule has 2 nitrogen and oxygen atoms in total. The average molecular weight is 357 g/mol. The van der Waals surface area contributed by atoms with Crippen molar-refractivity contribution in [2.24, 2.45) is 0 Å². The van der Waals surface area contributed by atoms with E-state index in [1.807, 2.05) is 0 Å². The molecule has 1 unspecified atom stereocenters. The van der Waals surface area contributed by atoms with Crippen molar-refractivity contribution in [3.05, 3.63) is 35.4 Å². The molecule has 0 aromatic heterocycles. The van der Waals surface area contributed by atoms with Gasteiger partial charge in [-0.2, -0.15) is 0 Å². The predicted octanol–water partition coefficient (Wildman–Crippen LogP) is 5.25. The molecule has 0 bridgehead atoms. The third-order valence-electron chi connectivity index (χ3n) is 3.73. The van der Waals surface area contributed by atoms with Crippen LogP contribution in [0, 0.1) is 0 Å². The van der Waals surface area contributed by atoms with E-state index in [0.717, 1.165) is 18.4 Å². The van der Waals surface area contributed by atoms with Gasteiger partial charge in [-0.1, -0.05) is 67.4 Å². The maximum absolute atomic E-state index is 6.07. The van der Waals surface area contributed by atoms with Crippen LogP contribution in [0.1, 0.15) is 57.6 Å².